The third-order valence-electron chi connectivity index (χ3n) is 3.56. The summed E-state index contributed by atoms with van der Waals surface area (Å²) in [7, 11) is 1.69. The molecule has 0 unspecified atom stereocenters. The quantitative estimate of drug-likeness (QED) is 0.346. The molecule has 0 bridgehead atoms. The first-order valence-corrected chi connectivity index (χ1v) is 8.23. The number of alkyl halides is 3. The summed E-state index contributed by atoms with van der Waals surface area (Å²) < 4.78 is 41.1. The van der Waals surface area contributed by atoms with Gasteiger partial charge in [-0.05, 0) is 29.7 Å². The topological polar surface area (TPSA) is 45.7 Å². The summed E-state index contributed by atoms with van der Waals surface area (Å²) in [6.45, 7) is -0.0406. The van der Waals surface area contributed by atoms with E-state index in [4.69, 9.17) is 0 Å². The molecule has 2 aromatic rings. The SMILES string of the molecule is CN=C(NCCc1ccccc1)NCc1ccc(OCC(F)(F)F)cc1.I. The van der Waals surface area contributed by atoms with Gasteiger partial charge in [0.1, 0.15) is 5.75 Å². The molecule has 0 heterocycles. The minimum Gasteiger partial charge on any atom is -0.484 e. The van der Waals surface area contributed by atoms with Crippen molar-refractivity contribution in [3.05, 3.63) is 65.7 Å². The van der Waals surface area contributed by atoms with Crippen LogP contribution in [0.25, 0.3) is 0 Å². The zero-order valence-electron chi connectivity index (χ0n) is 14.9. The standard InChI is InChI=1S/C19H22F3N3O.HI/c1-23-18(24-12-11-15-5-3-2-4-6-15)25-13-16-7-9-17(10-8-16)26-14-19(20,21)22;/h2-10H,11-14H2,1H3,(H2,23,24,25);1H. The zero-order chi connectivity index (χ0) is 18.8. The normalized spacial score (nSPS) is 11.5. The van der Waals surface area contributed by atoms with Crippen molar-refractivity contribution in [3.8, 4) is 5.75 Å². The number of nitrogens with zero attached hydrogens (tertiary/aromatic N) is 1. The van der Waals surface area contributed by atoms with E-state index in [9.17, 15) is 13.2 Å². The highest BCUT2D eigenvalue weighted by Crippen LogP contribution is 2.18. The van der Waals surface area contributed by atoms with Crippen molar-refractivity contribution >= 4 is 29.9 Å². The van der Waals surface area contributed by atoms with Gasteiger partial charge >= 0.3 is 6.18 Å². The van der Waals surface area contributed by atoms with Crippen LogP contribution < -0.4 is 15.4 Å². The van der Waals surface area contributed by atoms with E-state index < -0.39 is 12.8 Å². The monoisotopic (exact) mass is 493 g/mol. The van der Waals surface area contributed by atoms with Crippen LogP contribution in [0, 0.1) is 0 Å². The molecule has 0 aromatic heterocycles. The van der Waals surface area contributed by atoms with Crippen molar-refractivity contribution in [2.45, 2.75) is 19.1 Å². The highest BCUT2D eigenvalue weighted by Gasteiger charge is 2.28. The molecule has 0 radical (unpaired) electrons. The van der Waals surface area contributed by atoms with Crippen molar-refractivity contribution in [3.63, 3.8) is 0 Å². The van der Waals surface area contributed by atoms with Crippen LogP contribution in [0.3, 0.4) is 0 Å². The van der Waals surface area contributed by atoms with E-state index in [0.717, 1.165) is 18.5 Å². The number of hydrogen-bond donors (Lipinski definition) is 2. The van der Waals surface area contributed by atoms with Crippen LogP contribution in [0.5, 0.6) is 5.75 Å². The third kappa shape index (κ3) is 9.50. The van der Waals surface area contributed by atoms with Gasteiger partial charge < -0.3 is 15.4 Å². The number of benzene rings is 2. The summed E-state index contributed by atoms with van der Waals surface area (Å²) in [5, 5.41) is 6.39. The molecule has 0 atom stereocenters. The van der Waals surface area contributed by atoms with Crippen LogP contribution in [-0.4, -0.2) is 32.3 Å². The van der Waals surface area contributed by atoms with Crippen LogP contribution in [0.2, 0.25) is 0 Å². The van der Waals surface area contributed by atoms with Gasteiger partial charge in [-0.15, -0.1) is 24.0 Å². The maximum Gasteiger partial charge on any atom is 0.422 e. The van der Waals surface area contributed by atoms with Gasteiger partial charge in [0.05, 0.1) is 0 Å². The van der Waals surface area contributed by atoms with Crippen LogP contribution in [0.15, 0.2) is 59.6 Å². The first-order valence-electron chi connectivity index (χ1n) is 8.23. The largest absolute Gasteiger partial charge is 0.484 e. The van der Waals surface area contributed by atoms with Gasteiger partial charge in [0.25, 0.3) is 0 Å². The third-order valence-corrected chi connectivity index (χ3v) is 3.56. The van der Waals surface area contributed by atoms with Crippen molar-refractivity contribution in [2.75, 3.05) is 20.2 Å². The van der Waals surface area contributed by atoms with Gasteiger partial charge in [0.15, 0.2) is 12.6 Å². The van der Waals surface area contributed by atoms with Gasteiger partial charge in [-0.2, -0.15) is 13.2 Å². The lowest BCUT2D eigenvalue weighted by Gasteiger charge is -2.13. The summed E-state index contributed by atoms with van der Waals surface area (Å²) in [5.74, 6) is 0.856. The lowest BCUT2D eigenvalue weighted by molar-refractivity contribution is -0.153. The van der Waals surface area contributed by atoms with Gasteiger partial charge in [-0.25, -0.2) is 0 Å². The van der Waals surface area contributed by atoms with Crippen molar-refractivity contribution < 1.29 is 17.9 Å². The summed E-state index contributed by atoms with van der Waals surface area (Å²) in [4.78, 5) is 4.15. The molecule has 0 saturated carbocycles. The molecule has 2 aromatic carbocycles. The minimum absolute atomic E-state index is 0. The van der Waals surface area contributed by atoms with Crippen molar-refractivity contribution in [2.24, 2.45) is 4.99 Å². The van der Waals surface area contributed by atoms with Crippen LogP contribution in [0.4, 0.5) is 13.2 Å². The lowest BCUT2D eigenvalue weighted by Crippen LogP contribution is -2.37. The molecule has 8 heteroatoms. The summed E-state index contributed by atoms with van der Waals surface area (Å²) >= 11 is 0. The molecule has 0 fully saturated rings. The fraction of sp³-hybridized carbons (Fsp3) is 0.316. The Hall–Kier alpha value is -1.97. The Labute approximate surface area is 174 Å². The van der Waals surface area contributed by atoms with Gasteiger partial charge in [0, 0.05) is 20.1 Å². The summed E-state index contributed by atoms with van der Waals surface area (Å²) in [5.41, 5.74) is 2.15. The molecule has 0 aliphatic carbocycles. The summed E-state index contributed by atoms with van der Waals surface area (Å²) in [6.07, 6.45) is -3.45. The zero-order valence-corrected chi connectivity index (χ0v) is 17.3. The number of nitrogens with one attached hydrogen (secondary N) is 2. The first-order chi connectivity index (χ1) is 12.5. The number of aliphatic imine (C=N–C) groups is 1. The Morgan fingerprint density at radius 3 is 2.22 bits per heavy atom. The molecule has 2 N–H and O–H groups in total. The Bertz CT molecular complexity index is 692. The fourth-order valence-electron chi connectivity index (χ4n) is 2.25. The number of guanidine groups is 1. The summed E-state index contributed by atoms with van der Waals surface area (Å²) in [6, 6.07) is 16.6. The molecule has 0 spiro atoms. The molecule has 2 rings (SSSR count). The van der Waals surface area contributed by atoms with E-state index in [1.54, 1.807) is 19.2 Å². The van der Waals surface area contributed by atoms with Crippen LogP contribution in [-0.2, 0) is 13.0 Å². The number of ether oxygens (including phenoxy) is 1. The molecular formula is C19H23F3IN3O. The van der Waals surface area contributed by atoms with Crippen LogP contribution >= 0.6 is 24.0 Å². The van der Waals surface area contributed by atoms with Crippen molar-refractivity contribution in [1.29, 1.82) is 0 Å². The van der Waals surface area contributed by atoms with E-state index >= 15 is 0 Å². The van der Waals surface area contributed by atoms with Gasteiger partial charge in [-0.3, -0.25) is 4.99 Å². The highest BCUT2D eigenvalue weighted by atomic mass is 127. The average Bonchev–Trinajstić information content (AvgIpc) is 2.64. The first kappa shape index (κ1) is 23.1. The predicted molar refractivity (Wildman–Crippen MR) is 112 cm³/mol. The molecule has 0 saturated heterocycles. The van der Waals surface area contributed by atoms with E-state index in [2.05, 4.69) is 32.5 Å². The van der Waals surface area contributed by atoms with Crippen molar-refractivity contribution in [1.82, 2.24) is 10.6 Å². The molecule has 4 nitrogen and oxygen atoms in total. The molecular weight excluding hydrogens is 470 g/mol. The molecule has 148 valence electrons. The minimum atomic E-state index is -4.34. The smallest absolute Gasteiger partial charge is 0.422 e. The second kappa shape index (κ2) is 11.7. The fourth-order valence-corrected chi connectivity index (χ4v) is 2.25. The predicted octanol–water partition coefficient (Wildman–Crippen LogP) is 4.15. The maximum atomic E-state index is 12.1. The molecule has 0 aliphatic heterocycles. The highest BCUT2D eigenvalue weighted by molar-refractivity contribution is 14.0. The van der Waals surface area contributed by atoms with E-state index in [1.807, 2.05) is 18.2 Å². The second-order valence-corrected chi connectivity index (χ2v) is 5.64. The second-order valence-electron chi connectivity index (χ2n) is 5.64. The van der Waals surface area contributed by atoms with Gasteiger partial charge in [-0.1, -0.05) is 42.5 Å². The Morgan fingerprint density at radius 2 is 1.63 bits per heavy atom. The Balaban J connectivity index is 0.00000364. The lowest BCUT2D eigenvalue weighted by atomic mass is 10.1. The van der Waals surface area contributed by atoms with E-state index in [0.29, 0.717) is 12.5 Å². The Kier molecular flexibility index (Phi) is 9.98. The number of hydrogen-bond acceptors (Lipinski definition) is 2. The average molecular weight is 493 g/mol. The molecule has 0 amide bonds. The van der Waals surface area contributed by atoms with E-state index in [1.165, 1.54) is 17.7 Å². The Morgan fingerprint density at radius 1 is 0.963 bits per heavy atom. The van der Waals surface area contributed by atoms with Crippen LogP contribution in [0.1, 0.15) is 11.1 Å². The molecule has 0 aliphatic rings. The molecule has 27 heavy (non-hydrogen) atoms. The number of halogens is 4. The van der Waals surface area contributed by atoms with Gasteiger partial charge in [0.2, 0.25) is 0 Å². The number of rotatable bonds is 7. The maximum absolute atomic E-state index is 12.1. The van der Waals surface area contributed by atoms with E-state index in [-0.39, 0.29) is 29.7 Å².